The lowest BCUT2D eigenvalue weighted by atomic mass is 9.49. The molecule has 57 heavy (non-hydrogen) atoms. The second kappa shape index (κ2) is 15.3. The van der Waals surface area contributed by atoms with Gasteiger partial charge in [-0.2, -0.15) is 18.2 Å². The number of imide groups is 2. The Hall–Kier alpha value is -5.15. The summed E-state index contributed by atoms with van der Waals surface area (Å²) in [5.41, 5.74) is 1.14. The number of aromatic nitrogens is 1. The fourth-order valence-electron chi connectivity index (χ4n) is 9.15. The zero-order chi connectivity index (χ0) is 41.0. The third kappa shape index (κ3) is 6.88. The number of rotatable bonds is 12. The van der Waals surface area contributed by atoms with Crippen molar-refractivity contribution in [3.8, 4) is 11.5 Å². The van der Waals surface area contributed by atoms with Crippen LogP contribution in [0.4, 0.5) is 19.0 Å². The molecule has 3 fully saturated rings. The highest BCUT2D eigenvalue weighted by atomic mass is 35.5. The van der Waals surface area contributed by atoms with Gasteiger partial charge in [0.2, 0.25) is 11.8 Å². The second-order valence-electron chi connectivity index (χ2n) is 14.6. The number of aromatic hydroxyl groups is 1. The summed E-state index contributed by atoms with van der Waals surface area (Å²) in [5.74, 6) is -8.33. The van der Waals surface area contributed by atoms with Crippen LogP contribution in [0.5, 0.6) is 11.5 Å². The number of amides is 4. The molecule has 4 aliphatic rings. The molecule has 0 radical (unpaired) electrons. The minimum atomic E-state index is -4.77. The van der Waals surface area contributed by atoms with Crippen molar-refractivity contribution in [2.45, 2.75) is 63.0 Å². The number of pyridine rings is 1. The van der Waals surface area contributed by atoms with Gasteiger partial charge < -0.3 is 14.9 Å². The number of aliphatic carboxylic acids is 1. The Kier molecular flexibility index (Phi) is 10.8. The van der Waals surface area contributed by atoms with Crippen molar-refractivity contribution in [1.82, 2.24) is 14.9 Å². The lowest BCUT2D eigenvalue weighted by Crippen LogP contribution is -2.53. The maximum absolute atomic E-state index is 15.3. The molecule has 0 unspecified atom stereocenters. The van der Waals surface area contributed by atoms with Crippen molar-refractivity contribution in [3.05, 3.63) is 93.1 Å². The third-order valence-electron chi connectivity index (χ3n) is 11.5. The number of hydrogen-bond donors (Lipinski definition) is 3. The predicted octanol–water partition coefficient (Wildman–Crippen LogP) is 7.14. The number of nitrogens with one attached hydrogen (secondary N) is 1. The van der Waals surface area contributed by atoms with Gasteiger partial charge in [-0.05, 0) is 80.0 Å². The van der Waals surface area contributed by atoms with E-state index in [1.54, 1.807) is 43.3 Å². The van der Waals surface area contributed by atoms with Crippen molar-refractivity contribution in [3.63, 3.8) is 0 Å². The number of carbonyl (C=O) groups is 5. The van der Waals surface area contributed by atoms with E-state index in [1.165, 1.54) is 11.0 Å². The first-order valence-corrected chi connectivity index (χ1v) is 19.2. The van der Waals surface area contributed by atoms with Gasteiger partial charge in [0.1, 0.15) is 0 Å². The summed E-state index contributed by atoms with van der Waals surface area (Å²) < 4.78 is 46.2. The number of unbranched alkanes of at least 4 members (excludes halogenated alkanes) is 2. The smallest absolute Gasteiger partial charge is 0.417 e. The van der Waals surface area contributed by atoms with E-state index in [0.717, 1.165) is 0 Å². The van der Waals surface area contributed by atoms with Crippen molar-refractivity contribution < 1.29 is 52.1 Å². The molecule has 0 spiro atoms. The monoisotopic (exact) mass is 828 g/mol. The van der Waals surface area contributed by atoms with Crippen LogP contribution in [-0.2, 0) is 35.6 Å². The quantitative estimate of drug-likeness (QED) is 0.0971. The number of hydrogen-bond acceptors (Lipinski definition) is 9. The van der Waals surface area contributed by atoms with Gasteiger partial charge in [-0.15, -0.1) is 0 Å². The SMILES string of the molecule is CCOc1cc([C@H]2C3=CC[C@@H]4C(=O)N(CCCCCC(=O)O)C(=O)[C@@H]4[C@@H]3C[C@H]3C(=O)N(Nc4ncc(C(F)(F)F)cc4Cl)C(=O)[C@@]23c2ccc(Cl)cc2)ccc1O. The topological polar surface area (TPSA) is 166 Å². The summed E-state index contributed by atoms with van der Waals surface area (Å²) in [4.78, 5) is 74.3. The first-order chi connectivity index (χ1) is 27.1. The average molecular weight is 830 g/mol. The molecule has 3 aromatic rings. The number of ether oxygens (including phenoxy) is 1. The number of nitrogens with zero attached hydrogens (tertiary/aromatic N) is 3. The zero-order valence-corrected chi connectivity index (χ0v) is 31.9. The second-order valence-corrected chi connectivity index (χ2v) is 15.5. The van der Waals surface area contributed by atoms with Crippen LogP contribution in [0.3, 0.4) is 0 Å². The normalized spacial score (nSPS) is 25.6. The van der Waals surface area contributed by atoms with Crippen molar-refractivity contribution in [2.75, 3.05) is 18.6 Å². The molecule has 4 amide bonds. The summed E-state index contributed by atoms with van der Waals surface area (Å²) in [6.07, 6.45) is -1.07. The maximum atomic E-state index is 15.3. The lowest BCUT2D eigenvalue weighted by molar-refractivity contribution is -0.141. The number of carboxylic acids is 1. The molecule has 2 aromatic carbocycles. The molecule has 2 saturated heterocycles. The van der Waals surface area contributed by atoms with Gasteiger partial charge in [-0.3, -0.25) is 34.3 Å². The van der Waals surface area contributed by atoms with E-state index in [9.17, 15) is 37.5 Å². The van der Waals surface area contributed by atoms with Crippen LogP contribution < -0.4 is 10.2 Å². The Morgan fingerprint density at radius 2 is 1.74 bits per heavy atom. The van der Waals surface area contributed by atoms with Crippen LogP contribution in [0.1, 0.15) is 68.1 Å². The van der Waals surface area contributed by atoms with Crippen LogP contribution in [0, 0.1) is 23.7 Å². The fraction of sp³-hybridized carbons (Fsp3) is 0.400. The fourth-order valence-corrected chi connectivity index (χ4v) is 9.48. The van der Waals surface area contributed by atoms with E-state index in [-0.39, 0.29) is 55.6 Å². The van der Waals surface area contributed by atoms with Gasteiger partial charge >= 0.3 is 12.1 Å². The molecular formula is C40H37Cl2F3N4O8. The molecule has 1 saturated carbocycles. The highest BCUT2D eigenvalue weighted by Crippen LogP contribution is 2.64. The highest BCUT2D eigenvalue weighted by molar-refractivity contribution is 6.33. The van der Waals surface area contributed by atoms with E-state index in [2.05, 4.69) is 10.4 Å². The van der Waals surface area contributed by atoms with Gasteiger partial charge in [0.15, 0.2) is 17.3 Å². The Morgan fingerprint density at radius 1 is 1.00 bits per heavy atom. The molecule has 2 aliphatic heterocycles. The van der Waals surface area contributed by atoms with Crippen LogP contribution in [-0.4, -0.2) is 67.9 Å². The van der Waals surface area contributed by atoms with Crippen LogP contribution in [0.15, 0.2) is 66.4 Å². The van der Waals surface area contributed by atoms with Gasteiger partial charge in [0.05, 0.1) is 40.4 Å². The number of carbonyl (C=O) groups excluding carboxylic acids is 4. The Morgan fingerprint density at radius 3 is 2.40 bits per heavy atom. The van der Waals surface area contributed by atoms with Crippen LogP contribution in [0.2, 0.25) is 10.0 Å². The maximum Gasteiger partial charge on any atom is 0.417 e. The van der Waals surface area contributed by atoms with Crippen LogP contribution >= 0.6 is 23.2 Å². The molecule has 6 atom stereocenters. The number of alkyl halides is 3. The van der Waals surface area contributed by atoms with E-state index in [0.29, 0.717) is 58.3 Å². The molecule has 7 rings (SSSR count). The number of likely N-dealkylation sites (tertiary alicyclic amines) is 1. The minimum Gasteiger partial charge on any atom is -0.504 e. The molecule has 3 heterocycles. The molecule has 17 heteroatoms. The number of fused-ring (bicyclic) bond motifs is 4. The van der Waals surface area contributed by atoms with E-state index in [4.69, 9.17) is 33.0 Å². The van der Waals surface area contributed by atoms with Gasteiger partial charge in [-0.1, -0.05) is 59.5 Å². The summed E-state index contributed by atoms with van der Waals surface area (Å²) in [6, 6.07) is 11.6. The van der Waals surface area contributed by atoms with Crippen molar-refractivity contribution >= 4 is 58.6 Å². The largest absolute Gasteiger partial charge is 0.504 e. The van der Waals surface area contributed by atoms with E-state index >= 15 is 4.79 Å². The lowest BCUT2D eigenvalue weighted by Gasteiger charge is -2.50. The number of anilines is 1. The van der Waals surface area contributed by atoms with Gasteiger partial charge in [0, 0.05) is 30.1 Å². The summed E-state index contributed by atoms with van der Waals surface area (Å²) >= 11 is 12.6. The predicted molar refractivity (Wildman–Crippen MR) is 199 cm³/mol. The number of phenolic OH excluding ortho intramolecular Hbond substituents is 1. The molecule has 3 N–H and O–H groups in total. The molecule has 12 nitrogen and oxygen atoms in total. The Balaban J connectivity index is 1.36. The highest BCUT2D eigenvalue weighted by Gasteiger charge is 2.70. The minimum absolute atomic E-state index is 0.0390. The standard InChI is InChI=1S/C40H37Cl2F3N4O8/c1-2-57-30-16-20(7-14-29(30)50)33-24-12-13-25-32(37(55)48(35(25)53)15-5-3-4-6-31(51)52)26(24)18-27-36(54)49(38(56)39(27,33)21-8-10-23(41)11-9-21)47-34-28(42)17-22(19-46-34)40(43,44)45/h7-12,14,16-17,19,25-27,32-33,50H,2-6,13,15,18H2,1H3,(H,46,47)(H,51,52)/t25-,26+,27-,32-,33-,39+/m0/s1. The number of phenols is 1. The average Bonchev–Trinajstić information content (AvgIpc) is 3.53. The molecule has 0 bridgehead atoms. The van der Waals surface area contributed by atoms with E-state index in [1.807, 2.05) is 6.08 Å². The molecule has 300 valence electrons. The first kappa shape index (κ1) is 40.1. The van der Waals surface area contributed by atoms with E-state index < -0.39 is 75.5 Å². The first-order valence-electron chi connectivity index (χ1n) is 18.5. The number of allylic oxidation sites excluding steroid dienone is 2. The Labute approximate surface area is 334 Å². The number of hydrazine groups is 1. The molecule has 1 aromatic heterocycles. The molecular weight excluding hydrogens is 792 g/mol. The summed E-state index contributed by atoms with van der Waals surface area (Å²) in [6.45, 7) is 2.00. The van der Waals surface area contributed by atoms with Gasteiger partial charge in [-0.25, -0.2) is 4.98 Å². The van der Waals surface area contributed by atoms with Crippen molar-refractivity contribution in [1.29, 1.82) is 0 Å². The molecule has 2 aliphatic carbocycles. The third-order valence-corrected chi connectivity index (χ3v) is 12.1. The zero-order valence-electron chi connectivity index (χ0n) is 30.4. The van der Waals surface area contributed by atoms with Gasteiger partial charge in [0.25, 0.3) is 11.8 Å². The summed E-state index contributed by atoms with van der Waals surface area (Å²) in [5, 5.41) is 20.3. The number of carboxylic acid groups (broad SMARTS) is 1. The van der Waals surface area contributed by atoms with Crippen LogP contribution in [0.25, 0.3) is 0 Å². The summed E-state index contributed by atoms with van der Waals surface area (Å²) in [7, 11) is 0. The number of halogens is 5. The van der Waals surface area contributed by atoms with Crippen molar-refractivity contribution in [2.24, 2.45) is 23.7 Å². The Bertz CT molecular complexity index is 2180. The number of benzene rings is 2.